The van der Waals surface area contributed by atoms with Crippen molar-refractivity contribution in [3.63, 3.8) is 0 Å². The fraction of sp³-hybridized carbons (Fsp3) is 0.467. The molecular weight excluding hydrogens is 313 g/mol. The summed E-state index contributed by atoms with van der Waals surface area (Å²) in [5, 5.41) is 11.6. The molecule has 2 atom stereocenters. The molecule has 0 unspecified atom stereocenters. The maximum Gasteiger partial charge on any atom is 0.393 e. The van der Waals surface area contributed by atoms with Crippen LogP contribution >= 0.6 is 0 Å². The van der Waals surface area contributed by atoms with E-state index in [4.69, 9.17) is 5.11 Å². The van der Waals surface area contributed by atoms with E-state index in [1.54, 1.807) is 30.3 Å². The van der Waals surface area contributed by atoms with Crippen molar-refractivity contribution >= 4 is 17.6 Å². The van der Waals surface area contributed by atoms with Crippen LogP contribution in [0.2, 0.25) is 0 Å². The van der Waals surface area contributed by atoms with Crippen molar-refractivity contribution in [1.29, 1.82) is 0 Å². The van der Waals surface area contributed by atoms with E-state index >= 15 is 0 Å². The molecule has 126 valence electrons. The molecule has 0 bridgehead atoms. The zero-order valence-corrected chi connectivity index (χ0v) is 12.2. The highest BCUT2D eigenvalue weighted by molar-refractivity contribution is 5.90. The van der Waals surface area contributed by atoms with Gasteiger partial charge in [-0.3, -0.25) is 9.59 Å². The van der Waals surface area contributed by atoms with Crippen LogP contribution in [0, 0.1) is 11.8 Å². The number of hydrogen-bond donors (Lipinski definition) is 2. The summed E-state index contributed by atoms with van der Waals surface area (Å²) in [7, 11) is 0. The fourth-order valence-corrected chi connectivity index (χ4v) is 2.65. The molecule has 5 nitrogen and oxygen atoms in total. The first-order valence-corrected chi connectivity index (χ1v) is 7.14. The third kappa shape index (κ3) is 4.69. The molecule has 1 saturated heterocycles. The van der Waals surface area contributed by atoms with Gasteiger partial charge in [-0.2, -0.15) is 13.2 Å². The highest BCUT2D eigenvalue weighted by Gasteiger charge is 2.52. The van der Waals surface area contributed by atoms with Crippen LogP contribution < -0.4 is 5.32 Å². The number of benzene rings is 1. The number of anilines is 1. The van der Waals surface area contributed by atoms with E-state index in [-0.39, 0.29) is 32.0 Å². The molecular formula is C15H17F3N2O3. The minimum Gasteiger partial charge on any atom is -0.481 e. The molecule has 8 heteroatoms. The summed E-state index contributed by atoms with van der Waals surface area (Å²) in [5.41, 5.74) is 0.607. The number of likely N-dealkylation sites (tertiary alicyclic amines) is 1. The monoisotopic (exact) mass is 330 g/mol. The minimum absolute atomic E-state index is 0.00576. The standard InChI is InChI=1S/C15H17F3N2O3/c16-15(17,18)12-9-20(8-11(12)14(22)23)7-6-13(21)19-10-4-2-1-3-5-10/h1-5,11-12H,6-9H2,(H,19,21)(H,22,23)/t11-,12-/m1/s1. The van der Waals surface area contributed by atoms with Crippen LogP contribution in [0.15, 0.2) is 30.3 Å². The molecule has 0 aromatic heterocycles. The van der Waals surface area contributed by atoms with Crippen molar-refractivity contribution in [2.24, 2.45) is 11.8 Å². The molecule has 0 spiro atoms. The molecule has 1 fully saturated rings. The Morgan fingerprint density at radius 1 is 1.22 bits per heavy atom. The molecule has 1 amide bonds. The highest BCUT2D eigenvalue weighted by Crippen LogP contribution is 2.37. The van der Waals surface area contributed by atoms with E-state index in [9.17, 15) is 22.8 Å². The molecule has 2 N–H and O–H groups in total. The Morgan fingerprint density at radius 2 is 1.87 bits per heavy atom. The minimum atomic E-state index is -4.55. The lowest BCUT2D eigenvalue weighted by Gasteiger charge is -2.18. The average molecular weight is 330 g/mol. The van der Waals surface area contributed by atoms with Gasteiger partial charge in [0.15, 0.2) is 0 Å². The summed E-state index contributed by atoms with van der Waals surface area (Å²) in [6, 6.07) is 8.70. The van der Waals surface area contributed by atoms with Crippen molar-refractivity contribution < 1.29 is 27.9 Å². The van der Waals surface area contributed by atoms with E-state index in [0.29, 0.717) is 5.69 Å². The molecule has 1 aromatic rings. The van der Waals surface area contributed by atoms with Crippen LogP contribution in [0.4, 0.5) is 18.9 Å². The van der Waals surface area contributed by atoms with Crippen molar-refractivity contribution in [2.75, 3.05) is 25.0 Å². The Kier molecular flexibility index (Phi) is 5.25. The summed E-state index contributed by atoms with van der Waals surface area (Å²) in [4.78, 5) is 24.1. The molecule has 0 aliphatic carbocycles. The number of aliphatic carboxylic acids is 1. The van der Waals surface area contributed by atoms with Gasteiger partial charge in [-0.25, -0.2) is 0 Å². The smallest absolute Gasteiger partial charge is 0.393 e. The Hall–Kier alpha value is -2.09. The zero-order valence-electron chi connectivity index (χ0n) is 12.2. The predicted octanol–water partition coefficient (Wildman–Crippen LogP) is 2.21. The Labute approximate surface area is 131 Å². The van der Waals surface area contributed by atoms with E-state index in [0.717, 1.165) is 0 Å². The van der Waals surface area contributed by atoms with Crippen molar-refractivity contribution in [3.8, 4) is 0 Å². The van der Waals surface area contributed by atoms with Crippen LogP contribution in [-0.4, -0.2) is 47.7 Å². The van der Waals surface area contributed by atoms with Gasteiger partial charge >= 0.3 is 12.1 Å². The molecule has 2 rings (SSSR count). The maximum absolute atomic E-state index is 12.9. The number of carbonyl (C=O) groups is 2. The van der Waals surface area contributed by atoms with Crippen LogP contribution in [0.5, 0.6) is 0 Å². The topological polar surface area (TPSA) is 69.6 Å². The third-order valence-corrected chi connectivity index (χ3v) is 3.85. The number of alkyl halides is 3. The van der Waals surface area contributed by atoms with Crippen LogP contribution in [0.3, 0.4) is 0 Å². The van der Waals surface area contributed by atoms with Gasteiger partial charge in [-0.05, 0) is 12.1 Å². The van der Waals surface area contributed by atoms with Gasteiger partial charge in [0.2, 0.25) is 5.91 Å². The number of hydrogen-bond acceptors (Lipinski definition) is 3. The molecule has 1 aliphatic heterocycles. The summed E-state index contributed by atoms with van der Waals surface area (Å²) in [6.45, 7) is -0.494. The Bertz CT molecular complexity index is 563. The first-order chi connectivity index (χ1) is 10.8. The van der Waals surface area contributed by atoms with Crippen molar-refractivity contribution in [2.45, 2.75) is 12.6 Å². The molecule has 0 saturated carbocycles. The fourth-order valence-electron chi connectivity index (χ4n) is 2.65. The van der Waals surface area contributed by atoms with Crippen LogP contribution in [0.1, 0.15) is 6.42 Å². The molecule has 23 heavy (non-hydrogen) atoms. The second-order valence-electron chi connectivity index (χ2n) is 5.52. The molecule has 0 radical (unpaired) electrons. The van der Waals surface area contributed by atoms with Gasteiger partial charge in [-0.15, -0.1) is 0 Å². The lowest BCUT2D eigenvalue weighted by molar-refractivity contribution is -0.188. The van der Waals surface area contributed by atoms with Gasteiger partial charge < -0.3 is 15.3 Å². The van der Waals surface area contributed by atoms with E-state index in [1.165, 1.54) is 4.90 Å². The number of para-hydroxylation sites is 1. The number of rotatable bonds is 5. The van der Waals surface area contributed by atoms with Gasteiger partial charge in [0.25, 0.3) is 0 Å². The number of nitrogens with zero attached hydrogens (tertiary/aromatic N) is 1. The molecule has 1 heterocycles. The Morgan fingerprint density at radius 3 is 2.39 bits per heavy atom. The van der Waals surface area contributed by atoms with Gasteiger partial charge in [0.1, 0.15) is 0 Å². The SMILES string of the molecule is O=C(CCN1C[C@@H](C(F)(F)F)[C@H](C(=O)O)C1)Nc1ccccc1. The number of amides is 1. The zero-order chi connectivity index (χ0) is 17.0. The predicted molar refractivity (Wildman–Crippen MR) is 76.8 cm³/mol. The summed E-state index contributed by atoms with van der Waals surface area (Å²) >= 11 is 0. The number of nitrogens with one attached hydrogen (secondary N) is 1. The number of halogens is 3. The summed E-state index contributed by atoms with van der Waals surface area (Å²) in [6.07, 6.45) is -4.55. The maximum atomic E-state index is 12.9. The number of carbonyl (C=O) groups excluding carboxylic acids is 1. The number of carboxylic acid groups (broad SMARTS) is 1. The average Bonchev–Trinajstić information content (AvgIpc) is 2.91. The van der Waals surface area contributed by atoms with Crippen LogP contribution in [0.25, 0.3) is 0 Å². The molecule has 1 aliphatic rings. The second kappa shape index (κ2) is 6.99. The quantitative estimate of drug-likeness (QED) is 0.868. The van der Waals surface area contributed by atoms with Crippen molar-refractivity contribution in [3.05, 3.63) is 30.3 Å². The first kappa shape index (κ1) is 17.3. The molecule has 1 aromatic carbocycles. The third-order valence-electron chi connectivity index (χ3n) is 3.85. The lowest BCUT2D eigenvalue weighted by Crippen LogP contribution is -2.33. The van der Waals surface area contributed by atoms with Gasteiger partial charge in [-0.1, -0.05) is 18.2 Å². The Balaban J connectivity index is 1.86. The second-order valence-corrected chi connectivity index (χ2v) is 5.52. The van der Waals surface area contributed by atoms with Crippen LogP contribution in [-0.2, 0) is 9.59 Å². The number of carboxylic acids is 1. The highest BCUT2D eigenvalue weighted by atomic mass is 19.4. The van der Waals surface area contributed by atoms with E-state index < -0.39 is 24.0 Å². The first-order valence-electron chi connectivity index (χ1n) is 7.14. The summed E-state index contributed by atoms with van der Waals surface area (Å²) < 4.78 is 38.6. The van der Waals surface area contributed by atoms with Crippen molar-refractivity contribution in [1.82, 2.24) is 4.90 Å². The summed E-state index contributed by atoms with van der Waals surface area (Å²) in [5.74, 6) is -5.15. The van der Waals surface area contributed by atoms with E-state index in [2.05, 4.69) is 5.32 Å². The lowest BCUT2D eigenvalue weighted by atomic mass is 9.96. The van der Waals surface area contributed by atoms with Gasteiger partial charge in [0.05, 0.1) is 11.8 Å². The normalized spacial score (nSPS) is 22.0. The van der Waals surface area contributed by atoms with E-state index in [1.807, 2.05) is 0 Å². The van der Waals surface area contributed by atoms with Gasteiger partial charge in [0, 0.05) is 31.7 Å². The largest absolute Gasteiger partial charge is 0.481 e.